The first kappa shape index (κ1) is 19.5. The van der Waals surface area contributed by atoms with Gasteiger partial charge in [0.15, 0.2) is 0 Å². The molecule has 0 radical (unpaired) electrons. The molecule has 28 heavy (non-hydrogen) atoms. The fourth-order valence-electron chi connectivity index (χ4n) is 3.37. The van der Waals surface area contributed by atoms with Gasteiger partial charge in [0.2, 0.25) is 5.91 Å². The SMILES string of the molecule is C=CCNC(=O)N1CCC[C@H]1C(=O)Nc1ccccc1-c1ccc(OC)cc1. The molecule has 2 N–H and O–H groups in total. The summed E-state index contributed by atoms with van der Waals surface area (Å²) in [6, 6.07) is 14.6. The van der Waals surface area contributed by atoms with Gasteiger partial charge in [-0.25, -0.2) is 4.79 Å². The fraction of sp³-hybridized carbons (Fsp3) is 0.273. The number of nitrogens with one attached hydrogen (secondary N) is 2. The number of carbonyl (C=O) groups is 2. The Kier molecular flexibility index (Phi) is 6.32. The van der Waals surface area contributed by atoms with Crippen molar-refractivity contribution in [1.82, 2.24) is 10.2 Å². The molecule has 0 unspecified atom stereocenters. The van der Waals surface area contributed by atoms with Crippen molar-refractivity contribution in [1.29, 1.82) is 0 Å². The second kappa shape index (κ2) is 9.08. The number of nitrogens with zero attached hydrogens (tertiary/aromatic N) is 1. The average Bonchev–Trinajstić information content (AvgIpc) is 3.23. The van der Waals surface area contributed by atoms with Crippen LogP contribution in [-0.4, -0.2) is 43.1 Å². The topological polar surface area (TPSA) is 70.7 Å². The lowest BCUT2D eigenvalue weighted by Crippen LogP contribution is -2.47. The summed E-state index contributed by atoms with van der Waals surface area (Å²) in [6.07, 6.45) is 3.08. The van der Waals surface area contributed by atoms with Crippen LogP contribution in [0.2, 0.25) is 0 Å². The molecule has 1 fully saturated rings. The maximum absolute atomic E-state index is 12.9. The molecule has 0 aromatic heterocycles. The van der Waals surface area contributed by atoms with Crippen molar-refractivity contribution < 1.29 is 14.3 Å². The number of ether oxygens (including phenoxy) is 1. The van der Waals surface area contributed by atoms with Gasteiger partial charge in [-0.15, -0.1) is 6.58 Å². The van der Waals surface area contributed by atoms with E-state index >= 15 is 0 Å². The van der Waals surface area contributed by atoms with E-state index in [9.17, 15) is 9.59 Å². The number of likely N-dealkylation sites (tertiary alicyclic amines) is 1. The van der Waals surface area contributed by atoms with Crippen LogP contribution in [0.4, 0.5) is 10.5 Å². The molecule has 6 heteroatoms. The van der Waals surface area contributed by atoms with Crippen molar-refractivity contribution in [3.8, 4) is 16.9 Å². The van der Waals surface area contributed by atoms with E-state index in [0.29, 0.717) is 19.5 Å². The maximum atomic E-state index is 12.9. The highest BCUT2D eigenvalue weighted by Crippen LogP contribution is 2.30. The number of hydrogen-bond donors (Lipinski definition) is 2. The van der Waals surface area contributed by atoms with E-state index in [1.54, 1.807) is 18.1 Å². The van der Waals surface area contributed by atoms with Crippen molar-refractivity contribution in [3.05, 3.63) is 61.2 Å². The Bertz CT molecular complexity index is 848. The van der Waals surface area contributed by atoms with E-state index in [-0.39, 0.29) is 11.9 Å². The fourth-order valence-corrected chi connectivity index (χ4v) is 3.37. The molecule has 0 saturated carbocycles. The Morgan fingerprint density at radius 1 is 1.21 bits per heavy atom. The van der Waals surface area contributed by atoms with Crippen LogP contribution in [0.3, 0.4) is 0 Å². The summed E-state index contributed by atoms with van der Waals surface area (Å²) in [5.41, 5.74) is 2.61. The summed E-state index contributed by atoms with van der Waals surface area (Å²) in [4.78, 5) is 26.8. The van der Waals surface area contributed by atoms with Gasteiger partial charge in [-0.1, -0.05) is 36.4 Å². The van der Waals surface area contributed by atoms with Gasteiger partial charge in [-0.3, -0.25) is 4.79 Å². The third-order valence-corrected chi connectivity index (χ3v) is 4.80. The zero-order chi connectivity index (χ0) is 19.9. The molecule has 0 spiro atoms. The minimum atomic E-state index is -0.478. The molecule has 0 bridgehead atoms. The van der Waals surface area contributed by atoms with Crippen LogP contribution in [0.15, 0.2) is 61.2 Å². The van der Waals surface area contributed by atoms with E-state index < -0.39 is 6.04 Å². The Hall–Kier alpha value is -3.28. The summed E-state index contributed by atoms with van der Waals surface area (Å²) in [6.45, 7) is 4.55. The summed E-state index contributed by atoms with van der Waals surface area (Å²) < 4.78 is 5.21. The van der Waals surface area contributed by atoms with Gasteiger partial charge in [0.1, 0.15) is 11.8 Å². The van der Waals surface area contributed by atoms with Gasteiger partial charge in [0.05, 0.1) is 7.11 Å². The van der Waals surface area contributed by atoms with Gasteiger partial charge < -0.3 is 20.3 Å². The second-order valence-electron chi connectivity index (χ2n) is 6.59. The van der Waals surface area contributed by atoms with Gasteiger partial charge in [0, 0.05) is 24.3 Å². The first-order valence-corrected chi connectivity index (χ1v) is 9.33. The zero-order valence-corrected chi connectivity index (χ0v) is 16.0. The largest absolute Gasteiger partial charge is 0.497 e. The minimum absolute atomic E-state index is 0.174. The molecule has 2 aromatic carbocycles. The number of hydrogen-bond acceptors (Lipinski definition) is 3. The molecular weight excluding hydrogens is 354 g/mol. The zero-order valence-electron chi connectivity index (χ0n) is 16.0. The number of amides is 3. The Balaban J connectivity index is 1.77. The first-order valence-electron chi connectivity index (χ1n) is 9.33. The molecule has 1 aliphatic heterocycles. The summed E-state index contributed by atoms with van der Waals surface area (Å²) in [7, 11) is 1.63. The molecular formula is C22H25N3O3. The molecule has 6 nitrogen and oxygen atoms in total. The lowest BCUT2D eigenvalue weighted by Gasteiger charge is -2.24. The number of anilines is 1. The minimum Gasteiger partial charge on any atom is -0.497 e. The molecule has 0 aliphatic carbocycles. The van der Waals surface area contributed by atoms with Crippen LogP contribution in [0, 0.1) is 0 Å². The molecule has 1 heterocycles. The van der Waals surface area contributed by atoms with Crippen LogP contribution in [0.5, 0.6) is 5.75 Å². The van der Waals surface area contributed by atoms with Crippen LogP contribution < -0.4 is 15.4 Å². The van der Waals surface area contributed by atoms with Crippen molar-refractivity contribution in [2.75, 3.05) is 25.5 Å². The third kappa shape index (κ3) is 4.34. The average molecular weight is 379 g/mol. The molecule has 1 atom stereocenters. The summed E-state index contributed by atoms with van der Waals surface area (Å²) in [5.74, 6) is 0.601. The van der Waals surface area contributed by atoms with Crippen molar-refractivity contribution in [2.45, 2.75) is 18.9 Å². The van der Waals surface area contributed by atoms with Gasteiger partial charge in [-0.2, -0.15) is 0 Å². The lowest BCUT2D eigenvalue weighted by atomic mass is 10.0. The molecule has 2 aromatic rings. The normalized spacial score (nSPS) is 15.8. The van der Waals surface area contributed by atoms with Crippen molar-refractivity contribution in [2.24, 2.45) is 0 Å². The van der Waals surface area contributed by atoms with Crippen molar-refractivity contribution >= 4 is 17.6 Å². The van der Waals surface area contributed by atoms with E-state index in [4.69, 9.17) is 4.74 Å². The predicted molar refractivity (Wildman–Crippen MR) is 110 cm³/mol. The number of urea groups is 1. The number of benzene rings is 2. The Labute approximate surface area is 165 Å². The monoisotopic (exact) mass is 379 g/mol. The quantitative estimate of drug-likeness (QED) is 0.753. The van der Waals surface area contributed by atoms with Crippen LogP contribution >= 0.6 is 0 Å². The maximum Gasteiger partial charge on any atom is 0.318 e. The van der Waals surface area contributed by atoms with Crippen LogP contribution in [0.1, 0.15) is 12.8 Å². The lowest BCUT2D eigenvalue weighted by molar-refractivity contribution is -0.119. The molecule has 146 valence electrons. The van der Waals surface area contributed by atoms with E-state index in [2.05, 4.69) is 17.2 Å². The van der Waals surface area contributed by atoms with Gasteiger partial charge in [-0.05, 0) is 36.6 Å². The number of rotatable bonds is 6. The molecule has 1 saturated heterocycles. The number of carbonyl (C=O) groups excluding carboxylic acids is 2. The molecule has 3 amide bonds. The Morgan fingerprint density at radius 3 is 2.68 bits per heavy atom. The van der Waals surface area contributed by atoms with Crippen molar-refractivity contribution in [3.63, 3.8) is 0 Å². The molecule has 3 rings (SSSR count). The number of para-hydroxylation sites is 1. The summed E-state index contributed by atoms with van der Waals surface area (Å²) >= 11 is 0. The third-order valence-electron chi connectivity index (χ3n) is 4.80. The van der Waals surface area contributed by atoms with Crippen LogP contribution in [0.25, 0.3) is 11.1 Å². The van der Waals surface area contributed by atoms with E-state index in [1.807, 2.05) is 48.5 Å². The first-order chi connectivity index (χ1) is 13.6. The second-order valence-corrected chi connectivity index (χ2v) is 6.59. The predicted octanol–water partition coefficient (Wildman–Crippen LogP) is 3.66. The van der Waals surface area contributed by atoms with E-state index in [0.717, 1.165) is 29.0 Å². The number of methoxy groups -OCH3 is 1. The molecule has 1 aliphatic rings. The van der Waals surface area contributed by atoms with Gasteiger partial charge >= 0.3 is 6.03 Å². The van der Waals surface area contributed by atoms with Gasteiger partial charge in [0.25, 0.3) is 0 Å². The summed E-state index contributed by atoms with van der Waals surface area (Å²) in [5, 5.41) is 5.76. The standard InChI is InChI=1S/C22H25N3O3/c1-3-14-23-22(27)25-15-6-9-20(25)21(26)24-19-8-5-4-7-18(19)16-10-12-17(28-2)13-11-16/h3-5,7-8,10-13,20H,1,6,9,14-15H2,2H3,(H,23,27)(H,24,26)/t20-/m0/s1. The smallest absolute Gasteiger partial charge is 0.318 e. The highest BCUT2D eigenvalue weighted by Gasteiger charge is 2.34. The Morgan fingerprint density at radius 2 is 1.96 bits per heavy atom. The highest BCUT2D eigenvalue weighted by molar-refractivity contribution is 6.00. The highest BCUT2D eigenvalue weighted by atomic mass is 16.5. The van der Waals surface area contributed by atoms with E-state index in [1.165, 1.54) is 0 Å². The van der Waals surface area contributed by atoms with Crippen LogP contribution in [-0.2, 0) is 4.79 Å².